The van der Waals surface area contributed by atoms with Gasteiger partial charge in [0, 0.05) is 13.1 Å². The molecule has 0 saturated heterocycles. The number of nitrogens with one attached hydrogen (secondary N) is 2. The molecule has 0 aliphatic heterocycles. The van der Waals surface area contributed by atoms with E-state index in [2.05, 4.69) is 25.7 Å². The Morgan fingerprint density at radius 2 is 2.00 bits per heavy atom. The van der Waals surface area contributed by atoms with Crippen molar-refractivity contribution in [3.8, 4) is 0 Å². The second-order valence-electron chi connectivity index (χ2n) is 4.04. The Bertz CT molecular complexity index is 645. The first-order chi connectivity index (χ1) is 9.15. The molecule has 112 valence electrons. The van der Waals surface area contributed by atoms with E-state index in [1.807, 2.05) is 0 Å². The summed E-state index contributed by atoms with van der Waals surface area (Å²) in [4.78, 5) is 0.189. The fourth-order valence-electron chi connectivity index (χ4n) is 1.65. The summed E-state index contributed by atoms with van der Waals surface area (Å²) in [7, 11) is -3.53. The molecule has 0 radical (unpaired) electrons. The summed E-state index contributed by atoms with van der Waals surface area (Å²) in [5.74, 6) is 0. The lowest BCUT2D eigenvalue weighted by molar-refractivity contribution is 0.576. The average molecular weight is 337 g/mol. The molecule has 0 fully saturated rings. The van der Waals surface area contributed by atoms with Crippen LogP contribution in [0.2, 0.25) is 0 Å². The molecule has 2 N–H and O–H groups in total. The Morgan fingerprint density at radius 3 is 2.75 bits per heavy atom. The van der Waals surface area contributed by atoms with Crippen molar-refractivity contribution in [1.82, 2.24) is 18.8 Å². The zero-order valence-corrected chi connectivity index (χ0v) is 13.4. The molecule has 0 spiro atoms. The van der Waals surface area contributed by atoms with Gasteiger partial charge in [0.05, 0.1) is 11.7 Å². The van der Waals surface area contributed by atoms with Gasteiger partial charge in [0.15, 0.2) is 0 Å². The van der Waals surface area contributed by atoms with Gasteiger partial charge in [0.2, 0.25) is 10.0 Å². The largest absolute Gasteiger partial charge is 0.315 e. The Labute approximate surface area is 128 Å². The second kappa shape index (κ2) is 7.84. The monoisotopic (exact) mass is 336 g/mol. The van der Waals surface area contributed by atoms with Gasteiger partial charge in [-0.05, 0) is 25.1 Å². The maximum absolute atomic E-state index is 12.2. The van der Waals surface area contributed by atoms with Gasteiger partial charge in [0.25, 0.3) is 0 Å². The van der Waals surface area contributed by atoms with Gasteiger partial charge in [-0.3, -0.25) is 0 Å². The van der Waals surface area contributed by atoms with E-state index in [1.165, 1.54) is 0 Å². The topological polar surface area (TPSA) is 84.0 Å². The maximum atomic E-state index is 12.2. The molecule has 1 heterocycles. The Morgan fingerprint density at radius 1 is 1.20 bits per heavy atom. The highest BCUT2D eigenvalue weighted by Gasteiger charge is 2.18. The number of benzene rings is 1. The Kier molecular flexibility index (Phi) is 6.77. The number of aromatic nitrogens is 2. The van der Waals surface area contributed by atoms with E-state index >= 15 is 0 Å². The van der Waals surface area contributed by atoms with Gasteiger partial charge in [-0.25, -0.2) is 13.1 Å². The lowest BCUT2D eigenvalue weighted by Crippen LogP contribution is -2.32. The Hall–Kier alpha value is -0.800. The molecule has 2 aromatic rings. The summed E-state index contributed by atoms with van der Waals surface area (Å²) in [6, 6.07) is 4.97. The highest BCUT2D eigenvalue weighted by molar-refractivity contribution is 7.89. The molecule has 20 heavy (non-hydrogen) atoms. The van der Waals surface area contributed by atoms with Crippen molar-refractivity contribution in [2.45, 2.75) is 18.2 Å². The molecule has 1 aromatic heterocycles. The summed E-state index contributed by atoms with van der Waals surface area (Å²) in [5.41, 5.74) is 1.04. The summed E-state index contributed by atoms with van der Waals surface area (Å²) in [5, 5.41) is 3.14. The number of nitrogens with zero attached hydrogens (tertiary/aromatic N) is 2. The molecule has 0 aliphatic rings. The maximum Gasteiger partial charge on any atom is 0.242 e. The van der Waals surface area contributed by atoms with Crippen LogP contribution in [0, 0.1) is 0 Å². The number of hydrogen-bond donors (Lipinski definition) is 2. The van der Waals surface area contributed by atoms with Crippen molar-refractivity contribution in [1.29, 1.82) is 0 Å². The number of rotatable bonds is 7. The third kappa shape index (κ3) is 4.10. The smallest absolute Gasteiger partial charge is 0.242 e. The van der Waals surface area contributed by atoms with Crippen LogP contribution in [-0.2, 0) is 10.0 Å². The van der Waals surface area contributed by atoms with Crippen LogP contribution in [0.3, 0.4) is 0 Å². The molecule has 0 atom stereocenters. The molecular formula is C11H17ClN4O2S2. The summed E-state index contributed by atoms with van der Waals surface area (Å²) >= 11 is 1.01. The minimum atomic E-state index is -3.53. The number of sulfonamides is 1. The second-order valence-corrected chi connectivity index (χ2v) is 6.30. The molecule has 0 saturated carbocycles. The predicted octanol–water partition coefficient (Wildman–Crippen LogP) is 1.39. The fraction of sp³-hybridized carbons (Fsp3) is 0.455. The number of hydrogen-bond acceptors (Lipinski definition) is 6. The van der Waals surface area contributed by atoms with Crippen molar-refractivity contribution < 1.29 is 8.42 Å². The highest BCUT2D eigenvalue weighted by atomic mass is 35.5. The quantitative estimate of drug-likeness (QED) is 0.746. The molecule has 1 aromatic carbocycles. The van der Waals surface area contributed by atoms with Gasteiger partial charge >= 0.3 is 0 Å². The van der Waals surface area contributed by atoms with Crippen molar-refractivity contribution in [2.75, 3.05) is 19.6 Å². The van der Waals surface area contributed by atoms with Crippen molar-refractivity contribution >= 4 is 45.2 Å². The average Bonchev–Trinajstić information content (AvgIpc) is 2.86. The molecular weight excluding hydrogens is 320 g/mol. The van der Waals surface area contributed by atoms with Crippen LogP contribution in [0.25, 0.3) is 11.0 Å². The molecule has 0 bridgehead atoms. The van der Waals surface area contributed by atoms with E-state index < -0.39 is 10.0 Å². The van der Waals surface area contributed by atoms with Crippen LogP contribution < -0.4 is 10.0 Å². The fourth-order valence-corrected chi connectivity index (χ4v) is 3.45. The van der Waals surface area contributed by atoms with Gasteiger partial charge in [0.1, 0.15) is 15.9 Å². The van der Waals surface area contributed by atoms with E-state index in [1.54, 1.807) is 18.2 Å². The summed E-state index contributed by atoms with van der Waals surface area (Å²) < 4.78 is 35.0. The molecule has 0 aliphatic carbocycles. The van der Waals surface area contributed by atoms with Crippen molar-refractivity contribution in [2.24, 2.45) is 0 Å². The van der Waals surface area contributed by atoms with E-state index in [0.717, 1.165) is 24.7 Å². The zero-order valence-electron chi connectivity index (χ0n) is 11.0. The first kappa shape index (κ1) is 17.3. The van der Waals surface area contributed by atoms with Crippen molar-refractivity contribution in [3.63, 3.8) is 0 Å². The molecule has 0 unspecified atom stereocenters. The normalized spacial score (nSPS) is 11.4. The minimum Gasteiger partial charge on any atom is -0.315 e. The lowest BCUT2D eigenvalue weighted by Gasteiger charge is -2.07. The lowest BCUT2D eigenvalue weighted by atomic mass is 10.3. The van der Waals surface area contributed by atoms with E-state index in [9.17, 15) is 8.42 Å². The third-order valence-corrected chi connectivity index (χ3v) is 4.59. The number of halogens is 1. The summed E-state index contributed by atoms with van der Waals surface area (Å²) in [6.07, 6.45) is 1.02. The van der Waals surface area contributed by atoms with Crippen LogP contribution in [0.5, 0.6) is 0 Å². The molecule has 0 amide bonds. The van der Waals surface area contributed by atoms with Crippen LogP contribution in [0.15, 0.2) is 23.1 Å². The van der Waals surface area contributed by atoms with E-state index in [0.29, 0.717) is 24.1 Å². The first-order valence-corrected chi connectivity index (χ1v) is 8.28. The van der Waals surface area contributed by atoms with Gasteiger partial charge < -0.3 is 5.32 Å². The van der Waals surface area contributed by atoms with Crippen LogP contribution in [0.1, 0.15) is 13.3 Å². The van der Waals surface area contributed by atoms with Crippen molar-refractivity contribution in [3.05, 3.63) is 18.2 Å². The summed E-state index contributed by atoms with van der Waals surface area (Å²) in [6.45, 7) is 3.91. The third-order valence-electron chi connectivity index (χ3n) is 2.56. The van der Waals surface area contributed by atoms with Gasteiger partial charge in [-0.2, -0.15) is 8.75 Å². The van der Waals surface area contributed by atoms with E-state index in [-0.39, 0.29) is 17.3 Å². The number of fused-ring (bicyclic) bond motifs is 1. The SMILES string of the molecule is CCCNCCNS(=O)(=O)c1cccc2nsnc12.Cl. The van der Waals surface area contributed by atoms with Gasteiger partial charge in [-0.15, -0.1) is 12.4 Å². The van der Waals surface area contributed by atoms with E-state index in [4.69, 9.17) is 0 Å². The predicted molar refractivity (Wildman–Crippen MR) is 83.0 cm³/mol. The zero-order chi connectivity index (χ0) is 13.7. The Balaban J connectivity index is 0.00000200. The minimum absolute atomic E-state index is 0. The van der Waals surface area contributed by atoms with Crippen LogP contribution in [0.4, 0.5) is 0 Å². The molecule has 9 heteroatoms. The first-order valence-electron chi connectivity index (χ1n) is 6.07. The van der Waals surface area contributed by atoms with Gasteiger partial charge in [-0.1, -0.05) is 13.0 Å². The standard InChI is InChI=1S/C11H16N4O2S2.ClH/c1-2-6-12-7-8-13-19(16,17)10-5-3-4-9-11(10)15-18-14-9;/h3-5,12-13H,2,6-8H2,1H3;1H. The molecule has 2 rings (SSSR count). The highest BCUT2D eigenvalue weighted by Crippen LogP contribution is 2.20. The van der Waals surface area contributed by atoms with Crippen LogP contribution in [-0.4, -0.2) is 36.8 Å². The molecule has 6 nitrogen and oxygen atoms in total. The van der Waals surface area contributed by atoms with Crippen LogP contribution >= 0.6 is 24.1 Å².